The number of carbonyl (C=O) groups is 2. The molecule has 0 aromatic heterocycles. The SMILES string of the molecule is CC(=O)N1CCN(c2cccc3c2CN(C2CNNC(=O)C2C(F)(F)F)C3)CC1. The number of benzene rings is 1. The zero-order valence-corrected chi connectivity index (χ0v) is 16.1. The summed E-state index contributed by atoms with van der Waals surface area (Å²) >= 11 is 0. The van der Waals surface area contributed by atoms with Crippen molar-refractivity contribution >= 4 is 17.5 Å². The van der Waals surface area contributed by atoms with Crippen molar-refractivity contribution in [3.05, 3.63) is 29.3 Å². The van der Waals surface area contributed by atoms with Crippen LogP contribution in [0.25, 0.3) is 0 Å². The van der Waals surface area contributed by atoms with Gasteiger partial charge < -0.3 is 9.80 Å². The Kier molecular flexibility index (Phi) is 5.16. The van der Waals surface area contributed by atoms with E-state index in [0.717, 1.165) is 16.8 Å². The molecule has 4 rings (SSSR count). The highest BCUT2D eigenvalue weighted by Crippen LogP contribution is 2.38. The first-order valence-corrected chi connectivity index (χ1v) is 9.70. The van der Waals surface area contributed by atoms with Crippen LogP contribution in [0, 0.1) is 5.92 Å². The van der Waals surface area contributed by atoms with E-state index >= 15 is 0 Å². The van der Waals surface area contributed by atoms with Gasteiger partial charge in [-0.3, -0.25) is 19.9 Å². The summed E-state index contributed by atoms with van der Waals surface area (Å²) in [7, 11) is 0. The highest BCUT2D eigenvalue weighted by molar-refractivity contribution is 5.80. The van der Waals surface area contributed by atoms with Crippen molar-refractivity contribution in [1.29, 1.82) is 0 Å². The van der Waals surface area contributed by atoms with Gasteiger partial charge in [0.15, 0.2) is 5.92 Å². The lowest BCUT2D eigenvalue weighted by Gasteiger charge is -2.38. The molecular weight excluding hydrogens is 387 g/mol. The number of carbonyl (C=O) groups excluding carboxylic acids is 2. The largest absolute Gasteiger partial charge is 0.402 e. The van der Waals surface area contributed by atoms with E-state index in [1.54, 1.807) is 16.7 Å². The first-order valence-electron chi connectivity index (χ1n) is 9.70. The van der Waals surface area contributed by atoms with Crippen LogP contribution in [0.5, 0.6) is 0 Å². The molecule has 3 aliphatic heterocycles. The second-order valence-electron chi connectivity index (χ2n) is 7.77. The van der Waals surface area contributed by atoms with E-state index in [4.69, 9.17) is 0 Å². The predicted octanol–water partition coefficient (Wildman–Crippen LogP) is 0.852. The molecule has 7 nitrogen and oxygen atoms in total. The molecule has 10 heteroatoms. The number of fused-ring (bicyclic) bond motifs is 1. The van der Waals surface area contributed by atoms with E-state index in [9.17, 15) is 22.8 Å². The van der Waals surface area contributed by atoms with Crippen LogP contribution in [0.3, 0.4) is 0 Å². The van der Waals surface area contributed by atoms with E-state index in [1.807, 2.05) is 18.2 Å². The van der Waals surface area contributed by atoms with E-state index in [2.05, 4.69) is 15.8 Å². The minimum atomic E-state index is -4.60. The molecule has 0 radical (unpaired) electrons. The topological polar surface area (TPSA) is 67.9 Å². The van der Waals surface area contributed by atoms with E-state index in [-0.39, 0.29) is 12.5 Å². The van der Waals surface area contributed by atoms with Gasteiger partial charge in [0.1, 0.15) is 0 Å². The molecule has 2 N–H and O–H groups in total. The highest BCUT2D eigenvalue weighted by atomic mass is 19.4. The number of piperazine rings is 1. The Labute approximate surface area is 166 Å². The van der Waals surface area contributed by atoms with Crippen LogP contribution < -0.4 is 15.8 Å². The van der Waals surface area contributed by atoms with Crippen LogP contribution in [0.4, 0.5) is 18.9 Å². The van der Waals surface area contributed by atoms with Crippen LogP contribution >= 0.6 is 0 Å². The lowest BCUT2D eigenvalue weighted by atomic mass is 9.95. The Bertz CT molecular complexity index is 808. The number of nitrogens with one attached hydrogen (secondary N) is 2. The lowest BCUT2D eigenvalue weighted by Crippen LogP contribution is -2.63. The second kappa shape index (κ2) is 7.49. The average Bonchev–Trinajstić information content (AvgIpc) is 3.11. The standard InChI is InChI=1S/C19H24F3N5O2/c1-12(28)25-5-7-26(8-6-25)15-4-2-3-13-10-27(11-14(13)15)16-9-23-24-18(29)17(16)19(20,21)22/h2-4,16-17,23H,5-11H2,1H3,(H,24,29). The fraction of sp³-hybridized carbons (Fsp3) is 0.579. The number of halogens is 3. The number of amides is 2. The van der Waals surface area contributed by atoms with Gasteiger partial charge in [0, 0.05) is 64.5 Å². The Morgan fingerprint density at radius 2 is 1.86 bits per heavy atom. The third-order valence-electron chi connectivity index (χ3n) is 6.06. The maximum absolute atomic E-state index is 13.5. The van der Waals surface area contributed by atoms with Crippen molar-refractivity contribution in [3.8, 4) is 0 Å². The van der Waals surface area contributed by atoms with Crippen molar-refractivity contribution in [3.63, 3.8) is 0 Å². The van der Waals surface area contributed by atoms with Gasteiger partial charge in [-0.25, -0.2) is 5.43 Å². The van der Waals surface area contributed by atoms with Crippen LogP contribution in [0.1, 0.15) is 18.1 Å². The molecule has 2 amide bonds. The number of alkyl halides is 3. The van der Waals surface area contributed by atoms with Gasteiger partial charge in [-0.1, -0.05) is 12.1 Å². The first-order chi connectivity index (χ1) is 13.8. The van der Waals surface area contributed by atoms with Crippen molar-refractivity contribution in [1.82, 2.24) is 20.7 Å². The van der Waals surface area contributed by atoms with Gasteiger partial charge >= 0.3 is 6.18 Å². The molecule has 3 heterocycles. The van der Waals surface area contributed by atoms with Crippen LogP contribution in [-0.2, 0) is 22.7 Å². The molecule has 2 atom stereocenters. The molecule has 158 valence electrons. The zero-order chi connectivity index (χ0) is 20.8. The Morgan fingerprint density at radius 3 is 2.52 bits per heavy atom. The summed E-state index contributed by atoms with van der Waals surface area (Å²) in [5.74, 6) is -3.04. The number of rotatable bonds is 2. The Morgan fingerprint density at radius 1 is 1.14 bits per heavy atom. The minimum absolute atomic E-state index is 0.0382. The fourth-order valence-corrected chi connectivity index (χ4v) is 4.54. The summed E-state index contributed by atoms with van der Waals surface area (Å²) in [6.45, 7) is 4.98. The maximum Gasteiger partial charge on any atom is 0.402 e. The molecule has 0 bridgehead atoms. The molecule has 2 saturated heterocycles. The zero-order valence-electron chi connectivity index (χ0n) is 16.1. The van der Waals surface area contributed by atoms with Crippen molar-refractivity contribution in [2.45, 2.75) is 32.2 Å². The van der Waals surface area contributed by atoms with Gasteiger partial charge in [0.05, 0.1) is 0 Å². The van der Waals surface area contributed by atoms with Crippen molar-refractivity contribution in [2.75, 3.05) is 37.6 Å². The monoisotopic (exact) mass is 411 g/mol. The van der Waals surface area contributed by atoms with E-state index in [0.29, 0.717) is 39.3 Å². The summed E-state index contributed by atoms with van der Waals surface area (Å²) in [5.41, 5.74) is 7.71. The number of hydrogen-bond acceptors (Lipinski definition) is 5. The molecule has 0 saturated carbocycles. The number of nitrogens with zero attached hydrogens (tertiary/aromatic N) is 3. The summed E-state index contributed by atoms with van der Waals surface area (Å²) in [4.78, 5) is 29.2. The average molecular weight is 411 g/mol. The molecule has 0 spiro atoms. The maximum atomic E-state index is 13.5. The molecule has 29 heavy (non-hydrogen) atoms. The highest BCUT2D eigenvalue weighted by Gasteiger charge is 2.53. The Hall–Kier alpha value is -2.33. The summed E-state index contributed by atoms with van der Waals surface area (Å²) in [6, 6.07) is 4.88. The van der Waals surface area contributed by atoms with Gasteiger partial charge in [0.25, 0.3) is 0 Å². The fourth-order valence-electron chi connectivity index (χ4n) is 4.54. The Balaban J connectivity index is 1.54. The molecule has 2 fully saturated rings. The first kappa shape index (κ1) is 20.0. The number of hydrazine groups is 1. The molecule has 1 aromatic carbocycles. The quantitative estimate of drug-likeness (QED) is 0.756. The predicted molar refractivity (Wildman–Crippen MR) is 99.6 cm³/mol. The number of anilines is 1. The van der Waals surface area contributed by atoms with Crippen molar-refractivity contribution < 1.29 is 22.8 Å². The summed E-state index contributed by atoms with van der Waals surface area (Å²) in [5, 5.41) is 0. The third kappa shape index (κ3) is 3.78. The minimum Gasteiger partial charge on any atom is -0.368 e. The van der Waals surface area contributed by atoms with Gasteiger partial charge in [-0.2, -0.15) is 13.2 Å². The normalized spacial score (nSPS) is 25.7. The summed E-state index contributed by atoms with van der Waals surface area (Å²) < 4.78 is 40.6. The molecule has 1 aromatic rings. The van der Waals surface area contributed by atoms with Gasteiger partial charge in [-0.05, 0) is 17.2 Å². The van der Waals surface area contributed by atoms with Crippen molar-refractivity contribution in [2.24, 2.45) is 5.92 Å². The third-order valence-corrected chi connectivity index (χ3v) is 6.06. The van der Waals surface area contributed by atoms with Gasteiger partial charge in [-0.15, -0.1) is 0 Å². The van der Waals surface area contributed by atoms with E-state index in [1.165, 1.54) is 0 Å². The van der Waals surface area contributed by atoms with E-state index < -0.39 is 24.0 Å². The van der Waals surface area contributed by atoms with Crippen LogP contribution in [0.15, 0.2) is 18.2 Å². The molecule has 0 aliphatic carbocycles. The lowest BCUT2D eigenvalue weighted by molar-refractivity contribution is -0.201. The summed E-state index contributed by atoms with van der Waals surface area (Å²) in [6.07, 6.45) is -4.60. The molecular formula is C19H24F3N5O2. The number of hydrogen-bond donors (Lipinski definition) is 2. The second-order valence-corrected chi connectivity index (χ2v) is 7.77. The van der Waals surface area contributed by atoms with Crippen LogP contribution in [-0.4, -0.2) is 66.6 Å². The van der Waals surface area contributed by atoms with Gasteiger partial charge in [0.2, 0.25) is 11.8 Å². The molecule has 2 unspecified atom stereocenters. The molecule has 3 aliphatic rings. The van der Waals surface area contributed by atoms with Crippen LogP contribution in [0.2, 0.25) is 0 Å². The smallest absolute Gasteiger partial charge is 0.368 e.